The maximum Gasteiger partial charge on any atom is 0.268 e. The lowest BCUT2D eigenvalue weighted by atomic mass is 10.1. The van der Waals surface area contributed by atoms with E-state index in [4.69, 9.17) is 0 Å². The second-order valence-electron chi connectivity index (χ2n) is 7.86. The van der Waals surface area contributed by atoms with Gasteiger partial charge in [-0.1, -0.05) is 42.5 Å². The van der Waals surface area contributed by atoms with Crippen molar-refractivity contribution < 1.29 is 8.42 Å². The Bertz CT molecular complexity index is 1740. The van der Waals surface area contributed by atoms with Gasteiger partial charge in [-0.15, -0.1) is 10.2 Å². The van der Waals surface area contributed by atoms with Gasteiger partial charge in [0.05, 0.1) is 10.4 Å². The highest BCUT2D eigenvalue weighted by atomic mass is 32.2. The van der Waals surface area contributed by atoms with Crippen LogP contribution < -0.4 is 5.32 Å². The molecule has 0 fully saturated rings. The van der Waals surface area contributed by atoms with Crippen molar-refractivity contribution in [1.82, 2.24) is 18.6 Å². The number of rotatable bonds is 5. The number of para-hydroxylation sites is 1. The summed E-state index contributed by atoms with van der Waals surface area (Å²) in [6.45, 7) is 0. The van der Waals surface area contributed by atoms with Crippen LogP contribution in [0.15, 0.2) is 114 Å². The van der Waals surface area contributed by atoms with E-state index in [0.29, 0.717) is 11.5 Å². The van der Waals surface area contributed by atoms with Crippen molar-refractivity contribution in [2.24, 2.45) is 0 Å². The van der Waals surface area contributed by atoms with E-state index in [1.165, 1.54) is 3.97 Å². The number of anilines is 2. The quantitative estimate of drug-likeness (QED) is 0.372. The van der Waals surface area contributed by atoms with Crippen LogP contribution in [0.5, 0.6) is 0 Å². The van der Waals surface area contributed by atoms with Gasteiger partial charge in [0.1, 0.15) is 0 Å². The number of pyridine rings is 1. The third-order valence-corrected chi connectivity index (χ3v) is 7.42. The van der Waals surface area contributed by atoms with Crippen LogP contribution in [0.4, 0.5) is 11.6 Å². The molecule has 3 aromatic heterocycles. The van der Waals surface area contributed by atoms with E-state index < -0.39 is 10.0 Å². The minimum absolute atomic E-state index is 0.257. The van der Waals surface area contributed by atoms with Crippen LogP contribution in [-0.2, 0) is 10.0 Å². The van der Waals surface area contributed by atoms with Crippen molar-refractivity contribution in [1.29, 1.82) is 0 Å². The average molecular weight is 466 g/mol. The summed E-state index contributed by atoms with van der Waals surface area (Å²) in [5.74, 6) is 0.615. The minimum atomic E-state index is -3.67. The summed E-state index contributed by atoms with van der Waals surface area (Å²) in [6, 6.07) is 29.7. The Hall–Kier alpha value is -4.43. The molecule has 0 aliphatic heterocycles. The molecule has 0 saturated heterocycles. The molecule has 0 aliphatic rings. The third kappa shape index (κ3) is 3.41. The van der Waals surface area contributed by atoms with Crippen molar-refractivity contribution in [3.63, 3.8) is 0 Å². The largest absolute Gasteiger partial charge is 0.324 e. The highest BCUT2D eigenvalue weighted by molar-refractivity contribution is 7.90. The van der Waals surface area contributed by atoms with Gasteiger partial charge in [-0.2, -0.15) is 0 Å². The van der Waals surface area contributed by atoms with Gasteiger partial charge in [0, 0.05) is 23.5 Å². The van der Waals surface area contributed by atoms with Crippen LogP contribution >= 0.6 is 0 Å². The lowest BCUT2D eigenvalue weighted by Crippen LogP contribution is -2.11. The van der Waals surface area contributed by atoms with Gasteiger partial charge in [0.25, 0.3) is 10.0 Å². The van der Waals surface area contributed by atoms with Gasteiger partial charge in [0.15, 0.2) is 5.65 Å². The van der Waals surface area contributed by atoms with Gasteiger partial charge in [-0.3, -0.25) is 4.40 Å². The fourth-order valence-electron chi connectivity index (χ4n) is 4.01. The van der Waals surface area contributed by atoms with Crippen molar-refractivity contribution in [2.75, 3.05) is 5.32 Å². The molecule has 6 rings (SSSR count). The molecule has 0 spiro atoms. The van der Waals surface area contributed by atoms with E-state index in [1.54, 1.807) is 36.5 Å². The molecular weight excluding hydrogens is 446 g/mol. The Morgan fingerprint density at radius 1 is 0.735 bits per heavy atom. The number of hydrogen-bond donors (Lipinski definition) is 1. The zero-order chi connectivity index (χ0) is 23.1. The first-order chi connectivity index (χ1) is 16.6. The summed E-state index contributed by atoms with van der Waals surface area (Å²) >= 11 is 0. The van der Waals surface area contributed by atoms with Crippen LogP contribution in [0.2, 0.25) is 0 Å². The van der Waals surface area contributed by atoms with Crippen LogP contribution in [0.1, 0.15) is 0 Å². The van der Waals surface area contributed by atoms with Crippen molar-refractivity contribution >= 4 is 38.2 Å². The van der Waals surface area contributed by atoms with E-state index in [9.17, 15) is 8.42 Å². The Labute approximate surface area is 196 Å². The maximum atomic E-state index is 13.1. The van der Waals surface area contributed by atoms with E-state index in [0.717, 1.165) is 27.8 Å². The molecule has 0 bridgehead atoms. The normalized spacial score (nSPS) is 11.8. The van der Waals surface area contributed by atoms with Crippen molar-refractivity contribution in [2.45, 2.75) is 4.90 Å². The zero-order valence-corrected chi connectivity index (χ0v) is 18.7. The molecule has 1 N–H and O–H groups in total. The number of aromatic nitrogens is 4. The smallest absolute Gasteiger partial charge is 0.268 e. The first-order valence-electron chi connectivity index (χ1n) is 10.7. The van der Waals surface area contributed by atoms with E-state index in [-0.39, 0.29) is 4.90 Å². The molecule has 3 aromatic carbocycles. The lowest BCUT2D eigenvalue weighted by Gasteiger charge is -2.09. The molecule has 0 aliphatic carbocycles. The van der Waals surface area contributed by atoms with Crippen LogP contribution in [0, 0.1) is 0 Å². The van der Waals surface area contributed by atoms with E-state index in [2.05, 4.69) is 15.5 Å². The second kappa shape index (κ2) is 7.86. The Morgan fingerprint density at radius 2 is 1.47 bits per heavy atom. The fraction of sp³-hybridized carbons (Fsp3) is 0. The van der Waals surface area contributed by atoms with Crippen LogP contribution in [-0.4, -0.2) is 27.0 Å². The number of fused-ring (bicyclic) bond motifs is 2. The topological polar surface area (TPSA) is 81.3 Å². The molecule has 0 amide bonds. The highest BCUT2D eigenvalue weighted by Crippen LogP contribution is 2.28. The third-order valence-electron chi connectivity index (χ3n) is 5.72. The molecule has 34 heavy (non-hydrogen) atoms. The van der Waals surface area contributed by atoms with Gasteiger partial charge < -0.3 is 5.32 Å². The standard InChI is InChI=1S/C26H19N5O2S/c32-34(33,23-9-5-2-6-10-23)31-16-15-20-17-19(11-13-24(20)31)21-12-14-25-28-29-26(30(25)18-21)27-22-7-3-1-4-8-22/h1-18H,(H,27,29). The monoisotopic (exact) mass is 465 g/mol. The Balaban J connectivity index is 1.39. The molecule has 0 atom stereocenters. The molecule has 166 valence electrons. The summed E-state index contributed by atoms with van der Waals surface area (Å²) in [7, 11) is -3.67. The summed E-state index contributed by atoms with van der Waals surface area (Å²) in [4.78, 5) is 0.257. The SMILES string of the molecule is O=S(=O)(c1ccccc1)n1ccc2cc(-c3ccc4nnc(Nc5ccccc5)n4c3)ccc21. The van der Waals surface area contributed by atoms with Gasteiger partial charge in [0.2, 0.25) is 5.95 Å². The molecule has 7 nitrogen and oxygen atoms in total. The summed E-state index contributed by atoms with van der Waals surface area (Å²) in [5.41, 5.74) is 4.20. The summed E-state index contributed by atoms with van der Waals surface area (Å²) in [6.07, 6.45) is 3.57. The van der Waals surface area contributed by atoms with Crippen molar-refractivity contribution in [3.05, 3.63) is 109 Å². The first-order valence-corrected chi connectivity index (χ1v) is 12.1. The molecule has 0 unspecified atom stereocenters. The predicted octanol–water partition coefficient (Wildman–Crippen LogP) is 5.33. The highest BCUT2D eigenvalue weighted by Gasteiger charge is 2.18. The molecule has 0 radical (unpaired) electrons. The maximum absolute atomic E-state index is 13.1. The molecule has 3 heterocycles. The minimum Gasteiger partial charge on any atom is -0.324 e. The van der Waals surface area contributed by atoms with E-state index in [1.807, 2.05) is 77.3 Å². The first kappa shape index (κ1) is 20.2. The number of benzene rings is 3. The van der Waals surface area contributed by atoms with Crippen LogP contribution in [0.3, 0.4) is 0 Å². The molecule has 6 aromatic rings. The number of hydrogen-bond acceptors (Lipinski definition) is 5. The number of nitrogens with zero attached hydrogens (tertiary/aromatic N) is 4. The zero-order valence-electron chi connectivity index (χ0n) is 17.9. The summed E-state index contributed by atoms with van der Waals surface area (Å²) < 4.78 is 29.4. The lowest BCUT2D eigenvalue weighted by molar-refractivity contribution is 0.589. The molecular formula is C26H19N5O2S. The van der Waals surface area contributed by atoms with Gasteiger partial charge >= 0.3 is 0 Å². The molecule has 0 saturated carbocycles. The van der Waals surface area contributed by atoms with E-state index >= 15 is 0 Å². The Morgan fingerprint density at radius 3 is 2.26 bits per heavy atom. The molecule has 8 heteroatoms. The van der Waals surface area contributed by atoms with Gasteiger partial charge in [-0.05, 0) is 65.7 Å². The Kier molecular flexibility index (Phi) is 4.67. The predicted molar refractivity (Wildman–Crippen MR) is 133 cm³/mol. The van der Waals surface area contributed by atoms with Crippen LogP contribution in [0.25, 0.3) is 27.7 Å². The number of nitrogens with one attached hydrogen (secondary N) is 1. The summed E-state index contributed by atoms with van der Waals surface area (Å²) in [5, 5.41) is 12.6. The average Bonchev–Trinajstić information content (AvgIpc) is 3.49. The van der Waals surface area contributed by atoms with Gasteiger partial charge in [-0.25, -0.2) is 12.4 Å². The fourth-order valence-corrected chi connectivity index (χ4v) is 5.38. The second-order valence-corrected chi connectivity index (χ2v) is 9.68. The van der Waals surface area contributed by atoms with Crippen molar-refractivity contribution in [3.8, 4) is 11.1 Å².